The maximum atomic E-state index is 12.8. The van der Waals surface area contributed by atoms with Gasteiger partial charge in [-0.1, -0.05) is 59.1 Å². The van der Waals surface area contributed by atoms with Crippen LogP contribution in [0.5, 0.6) is 5.75 Å². The summed E-state index contributed by atoms with van der Waals surface area (Å²) in [6.45, 7) is 6.19. The molecule has 0 saturated carbocycles. The summed E-state index contributed by atoms with van der Waals surface area (Å²) in [6.07, 6.45) is 0. The Kier molecular flexibility index (Phi) is 6.86. The Balaban J connectivity index is 1.29. The van der Waals surface area contributed by atoms with Crippen molar-refractivity contribution in [1.29, 1.82) is 0 Å². The number of ether oxygens (including phenoxy) is 1. The van der Waals surface area contributed by atoms with Gasteiger partial charge in [0.15, 0.2) is 5.76 Å². The molecule has 0 N–H and O–H groups in total. The third-order valence-corrected chi connectivity index (χ3v) is 6.11. The van der Waals surface area contributed by atoms with Crippen molar-refractivity contribution in [2.75, 3.05) is 26.2 Å². The first-order valence-electron chi connectivity index (χ1n) is 10.2. The molecule has 4 rings (SSSR count). The van der Waals surface area contributed by atoms with Gasteiger partial charge in [0, 0.05) is 32.7 Å². The van der Waals surface area contributed by atoms with Crippen LogP contribution >= 0.6 is 23.2 Å². The van der Waals surface area contributed by atoms with E-state index in [0.717, 1.165) is 19.6 Å². The number of rotatable bonds is 6. The summed E-state index contributed by atoms with van der Waals surface area (Å²) in [7, 11) is 0. The monoisotopic (exact) mass is 458 g/mol. The van der Waals surface area contributed by atoms with E-state index in [1.807, 2.05) is 4.90 Å². The number of carbonyl (C=O) groups is 1. The number of carbonyl (C=O) groups excluding carboxylic acids is 1. The summed E-state index contributed by atoms with van der Waals surface area (Å²) in [5.41, 5.74) is 2.57. The van der Waals surface area contributed by atoms with E-state index in [-0.39, 0.29) is 12.5 Å². The maximum absolute atomic E-state index is 12.8. The minimum Gasteiger partial charge on any atom is -0.484 e. The molecule has 1 saturated heterocycles. The first kappa shape index (κ1) is 21.8. The first-order valence-corrected chi connectivity index (χ1v) is 11.0. The van der Waals surface area contributed by atoms with E-state index >= 15 is 0 Å². The molecule has 3 aromatic rings. The number of halogens is 2. The Morgan fingerprint density at radius 2 is 1.81 bits per heavy atom. The van der Waals surface area contributed by atoms with Gasteiger partial charge in [0.1, 0.15) is 23.1 Å². The SMILES string of the molecule is Cc1cccc(CN2CCN(C(=O)c3ccc(COc4cccc(Cl)c4Cl)o3)CC2)c1. The molecule has 2 heterocycles. The van der Waals surface area contributed by atoms with Crippen molar-refractivity contribution in [1.82, 2.24) is 9.80 Å². The van der Waals surface area contributed by atoms with E-state index in [1.54, 1.807) is 30.3 Å². The molecule has 0 bridgehead atoms. The van der Waals surface area contributed by atoms with Crippen LogP contribution in [0.3, 0.4) is 0 Å². The van der Waals surface area contributed by atoms with Crippen LogP contribution in [0.1, 0.15) is 27.4 Å². The summed E-state index contributed by atoms with van der Waals surface area (Å²) >= 11 is 12.1. The average Bonchev–Trinajstić information content (AvgIpc) is 3.24. The molecule has 31 heavy (non-hydrogen) atoms. The smallest absolute Gasteiger partial charge is 0.289 e. The van der Waals surface area contributed by atoms with Gasteiger partial charge in [-0.3, -0.25) is 9.69 Å². The summed E-state index contributed by atoms with van der Waals surface area (Å²) in [6, 6.07) is 17.2. The van der Waals surface area contributed by atoms with Gasteiger partial charge >= 0.3 is 0 Å². The van der Waals surface area contributed by atoms with Crippen LogP contribution in [0, 0.1) is 6.92 Å². The molecule has 2 aromatic carbocycles. The summed E-state index contributed by atoms with van der Waals surface area (Å²) < 4.78 is 11.4. The standard InChI is InChI=1S/C24H24Cl2N2O3/c1-17-4-2-5-18(14-17)15-27-10-12-28(13-11-27)24(29)22-9-8-19(31-22)16-30-21-7-3-6-20(25)23(21)26/h2-9,14H,10-13,15-16H2,1H3. The van der Waals surface area contributed by atoms with Gasteiger partial charge in [0.25, 0.3) is 5.91 Å². The number of furan rings is 1. The fourth-order valence-corrected chi connectivity index (χ4v) is 3.99. The van der Waals surface area contributed by atoms with E-state index < -0.39 is 0 Å². The molecule has 1 fully saturated rings. The minimum atomic E-state index is -0.0951. The van der Waals surface area contributed by atoms with E-state index in [4.69, 9.17) is 32.4 Å². The first-order chi connectivity index (χ1) is 15.0. The van der Waals surface area contributed by atoms with Crippen LogP contribution in [0.4, 0.5) is 0 Å². The molecule has 7 heteroatoms. The Bertz CT molecular complexity index is 1060. The second-order valence-electron chi connectivity index (χ2n) is 7.66. The van der Waals surface area contributed by atoms with Crippen molar-refractivity contribution in [3.05, 3.63) is 87.3 Å². The van der Waals surface area contributed by atoms with Gasteiger partial charge in [-0.15, -0.1) is 0 Å². The lowest BCUT2D eigenvalue weighted by molar-refractivity contribution is 0.0594. The van der Waals surface area contributed by atoms with Crippen molar-refractivity contribution in [3.8, 4) is 5.75 Å². The normalized spacial score (nSPS) is 14.6. The molecule has 0 unspecified atom stereocenters. The lowest BCUT2D eigenvalue weighted by Gasteiger charge is -2.34. The molecule has 0 atom stereocenters. The van der Waals surface area contributed by atoms with Crippen LogP contribution in [0.2, 0.25) is 10.0 Å². The average molecular weight is 459 g/mol. The van der Waals surface area contributed by atoms with Crippen molar-refractivity contribution < 1.29 is 13.9 Å². The molecular formula is C24H24Cl2N2O3. The van der Waals surface area contributed by atoms with Gasteiger partial charge in [0.05, 0.1) is 5.02 Å². The summed E-state index contributed by atoms with van der Waals surface area (Å²) in [5.74, 6) is 1.26. The number of piperazine rings is 1. The predicted molar refractivity (Wildman–Crippen MR) is 122 cm³/mol. The van der Waals surface area contributed by atoms with Gasteiger partial charge in [-0.25, -0.2) is 0 Å². The molecule has 0 radical (unpaired) electrons. The highest BCUT2D eigenvalue weighted by molar-refractivity contribution is 6.42. The molecule has 0 aliphatic carbocycles. The lowest BCUT2D eigenvalue weighted by Crippen LogP contribution is -2.48. The molecule has 1 aromatic heterocycles. The van der Waals surface area contributed by atoms with Crippen LogP contribution in [-0.4, -0.2) is 41.9 Å². The zero-order valence-corrected chi connectivity index (χ0v) is 18.8. The van der Waals surface area contributed by atoms with Crippen LogP contribution in [-0.2, 0) is 13.2 Å². The zero-order valence-electron chi connectivity index (χ0n) is 17.3. The van der Waals surface area contributed by atoms with Crippen LogP contribution < -0.4 is 4.74 Å². The van der Waals surface area contributed by atoms with Gasteiger partial charge in [-0.2, -0.15) is 0 Å². The van der Waals surface area contributed by atoms with Gasteiger partial charge in [-0.05, 0) is 36.8 Å². The number of nitrogens with zero attached hydrogens (tertiary/aromatic N) is 2. The molecule has 162 valence electrons. The fourth-order valence-electron chi connectivity index (χ4n) is 3.65. The Morgan fingerprint density at radius 1 is 1.03 bits per heavy atom. The minimum absolute atomic E-state index is 0.0951. The molecule has 5 nitrogen and oxygen atoms in total. The zero-order chi connectivity index (χ0) is 21.8. The molecular weight excluding hydrogens is 435 g/mol. The highest BCUT2D eigenvalue weighted by Gasteiger charge is 2.24. The number of aryl methyl sites for hydroxylation is 1. The van der Waals surface area contributed by atoms with E-state index in [2.05, 4.69) is 36.1 Å². The Morgan fingerprint density at radius 3 is 2.58 bits per heavy atom. The highest BCUT2D eigenvalue weighted by Crippen LogP contribution is 2.32. The van der Waals surface area contributed by atoms with E-state index in [1.165, 1.54) is 11.1 Å². The third kappa shape index (κ3) is 5.42. The molecule has 0 spiro atoms. The molecule has 1 aliphatic rings. The lowest BCUT2D eigenvalue weighted by atomic mass is 10.1. The second kappa shape index (κ2) is 9.77. The molecule has 1 amide bonds. The third-order valence-electron chi connectivity index (χ3n) is 5.31. The quantitative estimate of drug-likeness (QED) is 0.493. The largest absolute Gasteiger partial charge is 0.484 e. The Hall–Kier alpha value is -2.47. The predicted octanol–water partition coefficient (Wildman–Crippen LogP) is 5.43. The van der Waals surface area contributed by atoms with E-state index in [0.29, 0.717) is 40.4 Å². The maximum Gasteiger partial charge on any atom is 0.289 e. The number of hydrogen-bond acceptors (Lipinski definition) is 4. The highest BCUT2D eigenvalue weighted by atomic mass is 35.5. The van der Waals surface area contributed by atoms with E-state index in [9.17, 15) is 4.79 Å². The number of benzene rings is 2. The Labute approximate surface area is 192 Å². The van der Waals surface area contributed by atoms with Crippen molar-refractivity contribution in [2.24, 2.45) is 0 Å². The summed E-state index contributed by atoms with van der Waals surface area (Å²) in [5, 5.41) is 0.784. The number of hydrogen-bond donors (Lipinski definition) is 0. The second-order valence-corrected chi connectivity index (χ2v) is 8.45. The van der Waals surface area contributed by atoms with Crippen LogP contribution in [0.25, 0.3) is 0 Å². The topological polar surface area (TPSA) is 45.9 Å². The van der Waals surface area contributed by atoms with Gasteiger partial charge in [0.2, 0.25) is 0 Å². The van der Waals surface area contributed by atoms with Crippen LogP contribution in [0.15, 0.2) is 59.0 Å². The van der Waals surface area contributed by atoms with Crippen molar-refractivity contribution in [2.45, 2.75) is 20.1 Å². The van der Waals surface area contributed by atoms with Crippen molar-refractivity contribution >= 4 is 29.1 Å². The summed E-state index contributed by atoms with van der Waals surface area (Å²) in [4.78, 5) is 17.0. The fraction of sp³-hybridized carbons (Fsp3) is 0.292. The van der Waals surface area contributed by atoms with Crippen molar-refractivity contribution in [3.63, 3.8) is 0 Å². The molecule has 1 aliphatic heterocycles. The number of amides is 1. The van der Waals surface area contributed by atoms with Gasteiger partial charge < -0.3 is 14.1 Å².